The second-order valence-corrected chi connectivity index (χ2v) is 11.0. The summed E-state index contributed by atoms with van der Waals surface area (Å²) in [5.41, 5.74) is 2.61. The van der Waals surface area contributed by atoms with Crippen LogP contribution in [-0.2, 0) is 0 Å². The Labute approximate surface area is 231 Å². The molecule has 9 aromatic carbocycles. The monoisotopic (exact) mass is 504 g/mol. The first-order valence-electron chi connectivity index (χ1n) is 13.9. The molecule has 0 unspecified atom stereocenters. The number of fused-ring (bicyclic) bond motifs is 8. The fourth-order valence-electron chi connectivity index (χ4n) is 6.81. The summed E-state index contributed by atoms with van der Waals surface area (Å²) in [5, 5.41) is 18.0. The van der Waals surface area contributed by atoms with Crippen molar-refractivity contribution in [2.45, 2.75) is 0 Å². The lowest BCUT2D eigenvalue weighted by atomic mass is 9.86. The molecule has 0 saturated carbocycles. The molecule has 0 radical (unpaired) electrons. The third-order valence-electron chi connectivity index (χ3n) is 8.68. The van der Waals surface area contributed by atoms with E-state index in [1.165, 1.54) is 86.5 Å². The van der Waals surface area contributed by atoms with E-state index in [-0.39, 0.29) is 0 Å². The van der Waals surface area contributed by atoms with Crippen LogP contribution in [0.15, 0.2) is 146 Å². The topological polar surface area (TPSA) is 0 Å². The molecule has 0 atom stereocenters. The molecule has 0 spiro atoms. The van der Waals surface area contributed by atoms with Crippen LogP contribution in [0.5, 0.6) is 0 Å². The maximum absolute atomic E-state index is 2.41. The van der Waals surface area contributed by atoms with Crippen LogP contribution in [0.1, 0.15) is 0 Å². The highest BCUT2D eigenvalue weighted by molar-refractivity contribution is 6.24. The summed E-state index contributed by atoms with van der Waals surface area (Å²) in [5.74, 6) is 0. The predicted molar refractivity (Wildman–Crippen MR) is 174 cm³/mol. The van der Waals surface area contributed by atoms with Crippen LogP contribution < -0.4 is 0 Å². The highest BCUT2D eigenvalue weighted by Gasteiger charge is 2.16. The van der Waals surface area contributed by atoms with E-state index in [1.807, 2.05) is 0 Å². The fraction of sp³-hybridized carbons (Fsp3) is 0. The van der Waals surface area contributed by atoms with Gasteiger partial charge in [-0.2, -0.15) is 0 Å². The van der Waals surface area contributed by atoms with Gasteiger partial charge in [0, 0.05) is 0 Å². The maximum atomic E-state index is 2.41. The highest BCUT2D eigenvalue weighted by atomic mass is 14.2. The lowest BCUT2D eigenvalue weighted by molar-refractivity contribution is 1.73. The largest absolute Gasteiger partial charge is 0.0616 e. The van der Waals surface area contributed by atoms with Crippen molar-refractivity contribution in [3.63, 3.8) is 0 Å². The average Bonchev–Trinajstić information content (AvgIpc) is 3.00. The van der Waals surface area contributed by atoms with Gasteiger partial charge in [-0.25, -0.2) is 0 Å². The smallest absolute Gasteiger partial charge is 0.00201 e. The van der Waals surface area contributed by atoms with Gasteiger partial charge in [-0.1, -0.05) is 103 Å². The van der Waals surface area contributed by atoms with Gasteiger partial charge >= 0.3 is 0 Å². The van der Waals surface area contributed by atoms with Crippen molar-refractivity contribution in [2.24, 2.45) is 0 Å². The van der Waals surface area contributed by atoms with Crippen molar-refractivity contribution in [2.75, 3.05) is 0 Å². The Morgan fingerprint density at radius 3 is 1.48 bits per heavy atom. The zero-order valence-corrected chi connectivity index (χ0v) is 21.9. The molecule has 0 nitrogen and oxygen atoms in total. The molecule has 0 saturated heterocycles. The molecular weight excluding hydrogens is 480 g/mol. The standard InChI is InChI=1S/C40H24/c1-2-10-28-20-33-24-38-34(22-32(33)19-27(28)9-1)21-30-12-5-6-14-35(30)40(38)36-15-7-13-25-16-17-31-18-26-8-3-4-11-29(26)23-37(31)39(25)36/h1-24H. The summed E-state index contributed by atoms with van der Waals surface area (Å²) >= 11 is 0. The third-order valence-corrected chi connectivity index (χ3v) is 8.68. The molecule has 9 aromatic rings. The average molecular weight is 505 g/mol. The summed E-state index contributed by atoms with van der Waals surface area (Å²) in [4.78, 5) is 0. The minimum Gasteiger partial charge on any atom is -0.0616 e. The molecule has 0 fully saturated rings. The molecule has 0 amide bonds. The third kappa shape index (κ3) is 3.14. The second-order valence-electron chi connectivity index (χ2n) is 11.0. The molecule has 184 valence electrons. The normalized spacial score (nSPS) is 12.0. The summed E-state index contributed by atoms with van der Waals surface area (Å²) in [6.07, 6.45) is 0. The van der Waals surface area contributed by atoms with Crippen LogP contribution in [0.2, 0.25) is 0 Å². The second kappa shape index (κ2) is 8.15. The van der Waals surface area contributed by atoms with E-state index in [4.69, 9.17) is 0 Å². The quantitative estimate of drug-likeness (QED) is 0.154. The summed E-state index contributed by atoms with van der Waals surface area (Å²) in [7, 11) is 0. The van der Waals surface area contributed by atoms with Crippen LogP contribution in [0.25, 0.3) is 86.5 Å². The van der Waals surface area contributed by atoms with E-state index >= 15 is 0 Å². The zero-order valence-electron chi connectivity index (χ0n) is 21.9. The van der Waals surface area contributed by atoms with E-state index in [9.17, 15) is 0 Å². The molecule has 40 heavy (non-hydrogen) atoms. The molecule has 0 aromatic heterocycles. The van der Waals surface area contributed by atoms with Crippen LogP contribution in [0.4, 0.5) is 0 Å². The van der Waals surface area contributed by atoms with Gasteiger partial charge in [-0.3, -0.25) is 0 Å². The fourth-order valence-corrected chi connectivity index (χ4v) is 6.81. The number of hydrogen-bond acceptors (Lipinski definition) is 0. The SMILES string of the molecule is c1ccc2cc3cc4c(-c5cccc6ccc7cc8ccccc8cc7c56)c5ccccc5cc4cc3cc2c1. The van der Waals surface area contributed by atoms with Crippen molar-refractivity contribution < 1.29 is 0 Å². The molecule has 9 rings (SSSR count). The van der Waals surface area contributed by atoms with Crippen molar-refractivity contribution in [3.8, 4) is 11.1 Å². The number of benzene rings is 9. The molecule has 0 N–H and O–H groups in total. The minimum atomic E-state index is 1.27. The van der Waals surface area contributed by atoms with Crippen LogP contribution >= 0.6 is 0 Å². The van der Waals surface area contributed by atoms with Crippen LogP contribution in [0.3, 0.4) is 0 Å². The number of rotatable bonds is 1. The van der Waals surface area contributed by atoms with E-state index in [0.29, 0.717) is 0 Å². The highest BCUT2D eigenvalue weighted by Crippen LogP contribution is 2.43. The molecule has 0 aliphatic carbocycles. The van der Waals surface area contributed by atoms with Gasteiger partial charge in [0.05, 0.1) is 0 Å². The van der Waals surface area contributed by atoms with Gasteiger partial charge in [-0.15, -0.1) is 0 Å². The van der Waals surface area contributed by atoms with Gasteiger partial charge in [0.1, 0.15) is 0 Å². The first-order valence-corrected chi connectivity index (χ1v) is 13.9. The van der Waals surface area contributed by atoms with Gasteiger partial charge in [0.2, 0.25) is 0 Å². The lowest BCUT2D eigenvalue weighted by Crippen LogP contribution is -1.89. The summed E-state index contributed by atoms with van der Waals surface area (Å²) in [6.45, 7) is 0. The lowest BCUT2D eigenvalue weighted by Gasteiger charge is -2.17. The Morgan fingerprint density at radius 1 is 0.250 bits per heavy atom. The molecule has 0 heteroatoms. The molecular formula is C40H24. The molecule has 0 heterocycles. The van der Waals surface area contributed by atoms with Gasteiger partial charge in [-0.05, 0) is 129 Å². The first-order chi connectivity index (χ1) is 19.8. The Morgan fingerprint density at radius 2 is 0.725 bits per heavy atom. The zero-order chi connectivity index (χ0) is 26.2. The van der Waals surface area contributed by atoms with E-state index in [2.05, 4.69) is 146 Å². The van der Waals surface area contributed by atoms with E-state index in [1.54, 1.807) is 0 Å². The van der Waals surface area contributed by atoms with Crippen LogP contribution in [0, 0.1) is 0 Å². The Balaban J connectivity index is 1.47. The first kappa shape index (κ1) is 21.7. The van der Waals surface area contributed by atoms with E-state index in [0.717, 1.165) is 0 Å². The van der Waals surface area contributed by atoms with Crippen molar-refractivity contribution in [1.29, 1.82) is 0 Å². The summed E-state index contributed by atoms with van der Waals surface area (Å²) in [6, 6.07) is 54.1. The molecule has 0 aliphatic heterocycles. The van der Waals surface area contributed by atoms with Crippen molar-refractivity contribution in [3.05, 3.63) is 146 Å². The van der Waals surface area contributed by atoms with Crippen molar-refractivity contribution in [1.82, 2.24) is 0 Å². The maximum Gasteiger partial charge on any atom is -0.00201 e. The van der Waals surface area contributed by atoms with Crippen molar-refractivity contribution >= 4 is 75.4 Å². The Kier molecular flexibility index (Phi) is 4.42. The summed E-state index contributed by atoms with van der Waals surface area (Å²) < 4.78 is 0. The van der Waals surface area contributed by atoms with Crippen LogP contribution in [-0.4, -0.2) is 0 Å². The minimum absolute atomic E-state index is 1.27. The molecule has 0 aliphatic rings. The number of hydrogen-bond donors (Lipinski definition) is 0. The Bertz CT molecular complexity index is 2480. The predicted octanol–water partition coefficient (Wildman–Crippen LogP) is 11.4. The van der Waals surface area contributed by atoms with Gasteiger partial charge in [0.15, 0.2) is 0 Å². The molecule has 0 bridgehead atoms. The Hall–Kier alpha value is -5.20. The van der Waals surface area contributed by atoms with Gasteiger partial charge in [0.25, 0.3) is 0 Å². The van der Waals surface area contributed by atoms with E-state index < -0.39 is 0 Å². The van der Waals surface area contributed by atoms with Gasteiger partial charge < -0.3 is 0 Å².